The molecule has 0 radical (unpaired) electrons. The van der Waals surface area contributed by atoms with E-state index >= 15 is 0 Å². The van der Waals surface area contributed by atoms with Gasteiger partial charge in [-0.25, -0.2) is 0 Å². The first kappa shape index (κ1) is 43.4. The molecule has 19 heteroatoms. The van der Waals surface area contributed by atoms with Crippen LogP contribution in [0.4, 0.5) is 5.00 Å². The predicted molar refractivity (Wildman–Crippen MR) is 226 cm³/mol. The van der Waals surface area contributed by atoms with E-state index in [9.17, 15) is 29.1 Å². The van der Waals surface area contributed by atoms with Crippen molar-refractivity contribution in [2.75, 3.05) is 78.0 Å². The van der Waals surface area contributed by atoms with Crippen LogP contribution in [0, 0.1) is 0 Å². The van der Waals surface area contributed by atoms with Crippen molar-refractivity contribution < 1.29 is 33.8 Å². The number of likely N-dealkylation sites (N-methyl/N-ethyl adjacent to an activating group) is 1. The van der Waals surface area contributed by atoms with Gasteiger partial charge in [-0.1, -0.05) is 29.3 Å². The molecule has 0 atom stereocenters. The van der Waals surface area contributed by atoms with E-state index in [1.165, 1.54) is 29.8 Å². The summed E-state index contributed by atoms with van der Waals surface area (Å²) in [5, 5.41) is 22.1. The number of aliphatic hydroxyl groups is 1. The van der Waals surface area contributed by atoms with Crippen molar-refractivity contribution in [3.63, 3.8) is 0 Å². The number of amides is 5. The molecule has 5 heterocycles. The lowest BCUT2D eigenvalue weighted by molar-refractivity contribution is -0.135. The van der Waals surface area contributed by atoms with E-state index in [-0.39, 0.29) is 55.7 Å². The fourth-order valence-electron chi connectivity index (χ4n) is 6.80. The molecule has 16 nitrogen and oxygen atoms in total. The summed E-state index contributed by atoms with van der Waals surface area (Å²) in [6.07, 6.45) is 9.00. The Kier molecular flexibility index (Phi) is 14.8. The number of ether oxygens (including phenoxy) is 1. The lowest BCUT2D eigenvalue weighted by atomic mass is 9.99. The normalized spacial score (nSPS) is 14.5. The maximum atomic E-state index is 12.8. The van der Waals surface area contributed by atoms with Crippen LogP contribution in [0.1, 0.15) is 22.6 Å². The Morgan fingerprint density at radius 3 is 2.66 bits per heavy atom. The highest BCUT2D eigenvalue weighted by atomic mass is 35.5. The first-order chi connectivity index (χ1) is 28.4. The second-order valence-electron chi connectivity index (χ2n) is 14.3. The van der Waals surface area contributed by atoms with Crippen LogP contribution in [0.15, 0.2) is 55.0 Å². The quantitative estimate of drug-likeness (QED) is 0.0704. The molecule has 6 rings (SSSR count). The Morgan fingerprint density at radius 1 is 1.05 bits per heavy atom. The molecule has 4 aromatic rings. The molecule has 5 amide bonds. The van der Waals surface area contributed by atoms with Gasteiger partial charge < -0.3 is 45.1 Å². The molecule has 3 aromatic heterocycles. The molecule has 59 heavy (non-hydrogen) atoms. The van der Waals surface area contributed by atoms with E-state index < -0.39 is 6.61 Å². The van der Waals surface area contributed by atoms with Crippen molar-refractivity contribution in [3.8, 4) is 11.3 Å². The number of carbonyl (C=O) groups is 5. The third-order valence-electron chi connectivity index (χ3n) is 9.82. The average molecular weight is 869 g/mol. The number of H-pyrrole nitrogens is 1. The number of aliphatic hydroxyl groups excluding tert-OH is 1. The Labute approximate surface area is 355 Å². The Balaban J connectivity index is 0.876. The second-order valence-corrected chi connectivity index (χ2v) is 16.2. The summed E-state index contributed by atoms with van der Waals surface area (Å²) >= 11 is 14.6. The van der Waals surface area contributed by atoms with Crippen molar-refractivity contribution in [2.24, 2.45) is 0 Å². The molecule has 0 aliphatic carbocycles. The number of aromatic nitrogens is 3. The monoisotopic (exact) mass is 867 g/mol. The maximum absolute atomic E-state index is 12.8. The summed E-state index contributed by atoms with van der Waals surface area (Å²) in [5.74, 6) is -1.15. The van der Waals surface area contributed by atoms with Crippen molar-refractivity contribution in [1.82, 2.24) is 40.1 Å². The minimum atomic E-state index is -0.559. The first-order valence-electron chi connectivity index (χ1n) is 19.2. The maximum Gasteiger partial charge on any atom is 0.248 e. The van der Waals surface area contributed by atoms with Gasteiger partial charge in [0, 0.05) is 97.5 Å². The van der Waals surface area contributed by atoms with Crippen LogP contribution in [-0.2, 0) is 54.6 Å². The fraction of sp³-hybridized carbons (Fsp3) is 0.400. The molecule has 2 aliphatic rings. The van der Waals surface area contributed by atoms with E-state index in [1.54, 1.807) is 37.7 Å². The molecule has 4 N–H and O–H groups in total. The number of thiophene rings is 1. The van der Waals surface area contributed by atoms with Gasteiger partial charge in [0.25, 0.3) is 0 Å². The van der Waals surface area contributed by atoms with Crippen LogP contribution in [0.25, 0.3) is 22.2 Å². The number of benzene rings is 1. The van der Waals surface area contributed by atoms with Gasteiger partial charge in [0.2, 0.25) is 29.5 Å². The minimum Gasteiger partial charge on any atom is -0.499 e. The summed E-state index contributed by atoms with van der Waals surface area (Å²) < 4.78 is 7.08. The topological polar surface area (TPSA) is 185 Å². The third-order valence-corrected chi connectivity index (χ3v) is 11.8. The summed E-state index contributed by atoms with van der Waals surface area (Å²) in [7, 11) is 3.83. The molecule has 314 valence electrons. The number of carbonyl (C=O) groups excluding carboxylic acids is 5. The molecular weight excluding hydrogens is 821 g/mol. The zero-order valence-electron chi connectivity index (χ0n) is 32.8. The summed E-state index contributed by atoms with van der Waals surface area (Å²) in [6.45, 7) is 2.91. The molecule has 2 aliphatic heterocycles. The van der Waals surface area contributed by atoms with Crippen molar-refractivity contribution in [2.45, 2.75) is 32.4 Å². The van der Waals surface area contributed by atoms with Crippen LogP contribution < -0.4 is 15.5 Å². The van der Waals surface area contributed by atoms with Crippen LogP contribution in [-0.4, -0.2) is 137 Å². The Bertz CT molecular complexity index is 2250. The molecule has 1 fully saturated rings. The van der Waals surface area contributed by atoms with Crippen molar-refractivity contribution in [3.05, 3.63) is 81.1 Å². The molecule has 0 bridgehead atoms. The lowest BCUT2D eigenvalue weighted by Gasteiger charge is -2.33. The van der Waals surface area contributed by atoms with Gasteiger partial charge in [-0.3, -0.25) is 28.7 Å². The number of anilines is 1. The first-order valence-corrected chi connectivity index (χ1v) is 20.7. The highest BCUT2D eigenvalue weighted by Gasteiger charge is 2.29. The number of halogens is 2. The van der Waals surface area contributed by atoms with Gasteiger partial charge in [0.1, 0.15) is 19.8 Å². The molecule has 0 saturated carbocycles. The number of fused-ring (bicyclic) bond motifs is 3. The molecule has 1 aromatic carbocycles. The number of rotatable bonds is 17. The number of aromatic amines is 1. The summed E-state index contributed by atoms with van der Waals surface area (Å²) in [5.41, 5.74) is 3.93. The van der Waals surface area contributed by atoms with Crippen molar-refractivity contribution in [1.29, 1.82) is 0 Å². The number of aryl methyl sites for hydroxylation is 1. The van der Waals surface area contributed by atoms with Crippen LogP contribution in [0.2, 0.25) is 10.0 Å². The van der Waals surface area contributed by atoms with Crippen LogP contribution in [0.3, 0.4) is 0 Å². The summed E-state index contributed by atoms with van der Waals surface area (Å²) in [6, 6.07) is 7.39. The number of hydrogen-bond donors (Lipinski definition) is 4. The zero-order chi connectivity index (χ0) is 42.1. The van der Waals surface area contributed by atoms with E-state index in [4.69, 9.17) is 33.0 Å². The van der Waals surface area contributed by atoms with Crippen LogP contribution >= 0.6 is 34.5 Å². The van der Waals surface area contributed by atoms with Gasteiger partial charge in [-0.05, 0) is 44.8 Å². The number of hydrogen-bond acceptors (Lipinski definition) is 10. The van der Waals surface area contributed by atoms with Crippen molar-refractivity contribution >= 4 is 80.0 Å². The predicted octanol–water partition coefficient (Wildman–Crippen LogP) is 2.97. The van der Waals surface area contributed by atoms with Gasteiger partial charge in [-0.15, -0.1) is 11.3 Å². The molecular formula is C40H47Cl2N9O7S. The van der Waals surface area contributed by atoms with E-state index in [1.807, 2.05) is 37.2 Å². The Morgan fingerprint density at radius 2 is 1.88 bits per heavy atom. The van der Waals surface area contributed by atoms with E-state index in [2.05, 4.69) is 15.6 Å². The van der Waals surface area contributed by atoms with E-state index in [0.29, 0.717) is 79.9 Å². The largest absolute Gasteiger partial charge is 0.499 e. The lowest BCUT2D eigenvalue weighted by Crippen LogP contribution is -2.51. The molecule has 0 unspecified atom stereocenters. The van der Waals surface area contributed by atoms with Gasteiger partial charge >= 0.3 is 0 Å². The van der Waals surface area contributed by atoms with Gasteiger partial charge in [0.15, 0.2) is 0 Å². The molecule has 1 saturated heterocycles. The second kappa shape index (κ2) is 20.2. The van der Waals surface area contributed by atoms with E-state index in [0.717, 1.165) is 32.1 Å². The van der Waals surface area contributed by atoms with Gasteiger partial charge in [0.05, 0.1) is 45.6 Å². The highest BCUT2D eigenvalue weighted by Crippen LogP contribution is 2.42. The highest BCUT2D eigenvalue weighted by molar-refractivity contribution is 7.16. The van der Waals surface area contributed by atoms with Crippen LogP contribution in [0.5, 0.6) is 0 Å². The SMILES string of the molecule is CN(C)CC=CC(=O)N1CCN(c2ccc(CCC(=O)NCCO/C=C/C(=O)NCCn3ccc(-c4cc(Cl)c(Cl)c5[nH]c6c(c45)CN(C(=O)CO)CC6)n3)s2)C(=O)C1. The zero-order valence-corrected chi connectivity index (χ0v) is 35.2. The minimum absolute atomic E-state index is 0.0270. The number of nitrogens with zero attached hydrogens (tertiary/aromatic N) is 6. The molecule has 0 spiro atoms. The standard InChI is InChI=1S/C40H47Cl2N9O7S/c1-47(2)14-3-4-34(55)49-18-19-51(35(56)24-49)37-8-6-26(59-37)5-7-32(53)44-13-21-58-20-11-33(54)43-12-17-50-16-10-31(46-50)27-22-29(41)39(42)40-38(27)28-23-48(36(57)25-52)15-9-30(28)45-40/h3-4,6,8,10-11,16,20,22,45,52H,5,7,9,12-15,17-19,21,23-25H2,1-2H3,(H,43,54)(H,44,53)/b4-3?,20-11+. The summed E-state index contributed by atoms with van der Waals surface area (Å²) in [4.78, 5) is 73.4. The number of piperazine rings is 1. The Hall–Kier alpha value is -5.20. The third kappa shape index (κ3) is 11.1. The smallest absolute Gasteiger partial charge is 0.248 e. The number of nitrogens with one attached hydrogen (secondary N) is 3. The van der Waals surface area contributed by atoms with Gasteiger partial charge in [-0.2, -0.15) is 5.10 Å². The fourth-order valence-corrected chi connectivity index (χ4v) is 8.25. The average Bonchev–Trinajstić information content (AvgIpc) is 3.98.